The minimum Gasteiger partial charge on any atom is -0.618 e. The summed E-state index contributed by atoms with van der Waals surface area (Å²) >= 11 is 2.97. The average molecular weight is 318 g/mol. The summed E-state index contributed by atoms with van der Waals surface area (Å²) in [6.45, 7) is 1.25. The average Bonchev–Trinajstić information content (AvgIpc) is 2.34. The van der Waals surface area contributed by atoms with Gasteiger partial charge in [-0.25, -0.2) is 0 Å². The SMILES string of the molecule is O=[N+]([O-])c1cc(Br)[n+]([O-])cc1NC1CCOCC1. The van der Waals surface area contributed by atoms with Gasteiger partial charge in [0.2, 0.25) is 6.20 Å². The number of hydrogen-bond donors (Lipinski definition) is 1. The number of halogens is 1. The van der Waals surface area contributed by atoms with E-state index in [1.807, 2.05) is 0 Å². The Labute approximate surface area is 112 Å². The predicted octanol–water partition coefficient (Wildman–Crippen LogP) is 1.58. The maximum absolute atomic E-state index is 11.4. The predicted molar refractivity (Wildman–Crippen MR) is 67.2 cm³/mol. The monoisotopic (exact) mass is 317 g/mol. The molecule has 0 aliphatic carbocycles. The number of rotatable bonds is 3. The number of pyridine rings is 1. The van der Waals surface area contributed by atoms with Crippen LogP contribution in [0.1, 0.15) is 12.8 Å². The van der Waals surface area contributed by atoms with Crippen LogP contribution in [0.2, 0.25) is 0 Å². The molecule has 7 nitrogen and oxygen atoms in total. The Kier molecular flexibility index (Phi) is 3.97. The van der Waals surface area contributed by atoms with E-state index in [1.54, 1.807) is 0 Å². The fourth-order valence-electron chi connectivity index (χ4n) is 1.82. The number of nitrogens with one attached hydrogen (secondary N) is 1. The molecule has 0 saturated carbocycles. The van der Waals surface area contributed by atoms with Crippen molar-refractivity contribution in [3.05, 3.63) is 32.2 Å². The van der Waals surface area contributed by atoms with Gasteiger partial charge >= 0.3 is 5.69 Å². The third-order valence-corrected chi connectivity index (χ3v) is 3.34. The van der Waals surface area contributed by atoms with Crippen LogP contribution in [0, 0.1) is 15.3 Å². The lowest BCUT2D eigenvalue weighted by molar-refractivity contribution is -0.617. The molecule has 2 rings (SSSR count). The first-order chi connectivity index (χ1) is 8.58. The Balaban J connectivity index is 2.24. The van der Waals surface area contributed by atoms with Gasteiger partial charge in [0, 0.05) is 35.2 Å². The van der Waals surface area contributed by atoms with E-state index in [-0.39, 0.29) is 22.0 Å². The maximum atomic E-state index is 11.4. The van der Waals surface area contributed by atoms with Crippen molar-refractivity contribution in [2.75, 3.05) is 18.5 Å². The van der Waals surface area contributed by atoms with E-state index in [2.05, 4.69) is 21.2 Å². The van der Waals surface area contributed by atoms with Crippen molar-refractivity contribution < 1.29 is 14.4 Å². The second kappa shape index (κ2) is 5.49. The lowest BCUT2D eigenvalue weighted by Gasteiger charge is -2.23. The normalized spacial score (nSPS) is 16.5. The molecule has 0 unspecified atom stereocenters. The van der Waals surface area contributed by atoms with E-state index in [4.69, 9.17) is 4.74 Å². The van der Waals surface area contributed by atoms with Crippen LogP contribution in [0.25, 0.3) is 0 Å². The van der Waals surface area contributed by atoms with Gasteiger partial charge in [-0.2, -0.15) is 4.73 Å². The molecule has 1 aliphatic rings. The van der Waals surface area contributed by atoms with Crippen molar-refractivity contribution in [1.82, 2.24) is 0 Å². The molecule has 1 aliphatic heterocycles. The van der Waals surface area contributed by atoms with Crippen LogP contribution < -0.4 is 10.0 Å². The van der Waals surface area contributed by atoms with Crippen molar-refractivity contribution in [2.45, 2.75) is 18.9 Å². The van der Waals surface area contributed by atoms with Gasteiger partial charge in [-0.1, -0.05) is 0 Å². The highest BCUT2D eigenvalue weighted by Gasteiger charge is 2.23. The van der Waals surface area contributed by atoms with Crippen molar-refractivity contribution in [3.8, 4) is 0 Å². The van der Waals surface area contributed by atoms with E-state index in [1.165, 1.54) is 12.3 Å². The van der Waals surface area contributed by atoms with E-state index < -0.39 is 4.92 Å². The zero-order chi connectivity index (χ0) is 13.1. The topological polar surface area (TPSA) is 91.3 Å². The smallest absolute Gasteiger partial charge is 0.305 e. The molecule has 1 aromatic rings. The van der Waals surface area contributed by atoms with E-state index in [9.17, 15) is 15.3 Å². The van der Waals surface area contributed by atoms with Crippen molar-refractivity contribution in [1.29, 1.82) is 0 Å². The molecular formula is C10H12BrN3O4. The first kappa shape index (κ1) is 13.0. The molecule has 1 saturated heterocycles. The summed E-state index contributed by atoms with van der Waals surface area (Å²) in [7, 11) is 0. The van der Waals surface area contributed by atoms with E-state index in [0.29, 0.717) is 17.9 Å². The van der Waals surface area contributed by atoms with Gasteiger partial charge in [-0.15, -0.1) is 0 Å². The molecule has 0 bridgehead atoms. The van der Waals surface area contributed by atoms with E-state index >= 15 is 0 Å². The molecule has 0 aromatic carbocycles. The molecular weight excluding hydrogens is 306 g/mol. The fourth-order valence-corrected chi connectivity index (χ4v) is 2.14. The van der Waals surface area contributed by atoms with Gasteiger partial charge in [0.25, 0.3) is 4.60 Å². The van der Waals surface area contributed by atoms with Crippen LogP contribution in [0.3, 0.4) is 0 Å². The first-order valence-corrected chi connectivity index (χ1v) is 6.28. The third kappa shape index (κ3) is 2.88. The molecule has 2 heterocycles. The Morgan fingerprint density at radius 1 is 1.50 bits per heavy atom. The molecule has 1 N–H and O–H groups in total. The molecule has 0 amide bonds. The minimum absolute atomic E-state index is 0.0959. The maximum Gasteiger partial charge on any atom is 0.305 e. The summed E-state index contributed by atoms with van der Waals surface area (Å²) in [5, 5.41) is 25.4. The Bertz CT molecular complexity index is 463. The first-order valence-electron chi connectivity index (χ1n) is 5.49. The highest BCUT2D eigenvalue weighted by Crippen LogP contribution is 2.27. The van der Waals surface area contributed by atoms with Gasteiger partial charge in [0.15, 0.2) is 5.69 Å². The number of nitrogens with zero attached hydrogens (tertiary/aromatic N) is 2. The molecule has 0 radical (unpaired) electrons. The second-order valence-electron chi connectivity index (χ2n) is 4.01. The lowest BCUT2D eigenvalue weighted by atomic mass is 10.1. The molecule has 0 atom stereocenters. The van der Waals surface area contributed by atoms with Crippen LogP contribution in [-0.2, 0) is 4.74 Å². The van der Waals surface area contributed by atoms with Crippen molar-refractivity contribution in [3.63, 3.8) is 0 Å². The zero-order valence-corrected chi connectivity index (χ0v) is 11.1. The molecule has 98 valence electrons. The number of aromatic nitrogens is 1. The summed E-state index contributed by atoms with van der Waals surface area (Å²) in [5.41, 5.74) is 0.130. The number of nitro groups is 1. The quantitative estimate of drug-likeness (QED) is 0.300. The molecule has 1 aromatic heterocycles. The van der Waals surface area contributed by atoms with E-state index in [0.717, 1.165) is 12.8 Å². The molecule has 18 heavy (non-hydrogen) atoms. The fraction of sp³-hybridized carbons (Fsp3) is 0.500. The van der Waals surface area contributed by atoms with Crippen LogP contribution in [-0.4, -0.2) is 24.2 Å². The minimum atomic E-state index is -0.508. The molecule has 1 fully saturated rings. The van der Waals surface area contributed by atoms with Gasteiger partial charge < -0.3 is 15.3 Å². The molecule has 0 spiro atoms. The van der Waals surface area contributed by atoms with Gasteiger partial charge in [-0.3, -0.25) is 10.1 Å². The van der Waals surface area contributed by atoms with Gasteiger partial charge in [0.05, 0.1) is 11.0 Å². The second-order valence-corrected chi connectivity index (χ2v) is 4.82. The number of hydrogen-bond acceptors (Lipinski definition) is 5. The summed E-state index contributed by atoms with van der Waals surface area (Å²) < 4.78 is 5.88. The van der Waals surface area contributed by atoms with Crippen LogP contribution in [0.5, 0.6) is 0 Å². The Morgan fingerprint density at radius 2 is 2.17 bits per heavy atom. The van der Waals surface area contributed by atoms with Crippen LogP contribution >= 0.6 is 15.9 Å². The summed E-state index contributed by atoms with van der Waals surface area (Å²) in [4.78, 5) is 10.4. The largest absolute Gasteiger partial charge is 0.618 e. The third-order valence-electron chi connectivity index (χ3n) is 2.77. The van der Waals surface area contributed by atoms with Crippen molar-refractivity contribution >= 4 is 27.3 Å². The summed E-state index contributed by atoms with van der Waals surface area (Å²) in [6, 6.07) is 1.30. The van der Waals surface area contributed by atoms with Gasteiger partial charge in [-0.05, 0) is 12.8 Å². The number of anilines is 1. The Hall–Kier alpha value is -1.41. The zero-order valence-electron chi connectivity index (χ0n) is 9.47. The van der Waals surface area contributed by atoms with Crippen LogP contribution in [0.4, 0.5) is 11.4 Å². The highest BCUT2D eigenvalue weighted by molar-refractivity contribution is 9.10. The highest BCUT2D eigenvalue weighted by atomic mass is 79.9. The Morgan fingerprint density at radius 3 is 2.78 bits per heavy atom. The number of ether oxygens (including phenoxy) is 1. The summed E-state index contributed by atoms with van der Waals surface area (Å²) in [5.74, 6) is 0. The lowest BCUT2D eigenvalue weighted by Crippen LogP contribution is -2.32. The van der Waals surface area contributed by atoms with Gasteiger partial charge in [0.1, 0.15) is 0 Å². The molecule has 8 heteroatoms. The standard InChI is InChI=1S/C10H12BrN3O4/c11-10-5-9(14(16)17)8(6-13(10)15)12-7-1-3-18-4-2-7/h5-7,12H,1-4H2. The van der Waals surface area contributed by atoms with Crippen molar-refractivity contribution in [2.24, 2.45) is 0 Å². The summed E-state index contributed by atoms with van der Waals surface area (Å²) in [6.07, 6.45) is 2.72. The van der Waals surface area contributed by atoms with Crippen LogP contribution in [0.15, 0.2) is 16.9 Å².